The van der Waals surface area contributed by atoms with Crippen molar-refractivity contribution in [3.05, 3.63) is 57.8 Å². The van der Waals surface area contributed by atoms with E-state index in [1.807, 2.05) is 17.5 Å². The minimum Gasteiger partial charge on any atom is -0.452 e. The summed E-state index contributed by atoms with van der Waals surface area (Å²) in [6.45, 7) is 0.191. The summed E-state index contributed by atoms with van der Waals surface area (Å²) in [4.78, 5) is 26.7. The Morgan fingerprint density at radius 1 is 1.25 bits per heavy atom. The topological polar surface area (TPSA) is 63.7 Å². The molecular formula is C17H19NO4S2. The monoisotopic (exact) mass is 365 g/mol. The van der Waals surface area contributed by atoms with Gasteiger partial charge in [0.25, 0.3) is 5.91 Å². The molecule has 128 valence electrons. The number of carbonyl (C=O) groups is 2. The molecule has 1 aromatic carbocycles. The minimum absolute atomic E-state index is 0.262. The molecule has 7 heteroatoms. The van der Waals surface area contributed by atoms with Gasteiger partial charge >= 0.3 is 5.97 Å². The van der Waals surface area contributed by atoms with Gasteiger partial charge < -0.3 is 9.64 Å². The second kappa shape index (κ2) is 8.75. The number of rotatable bonds is 7. The van der Waals surface area contributed by atoms with Crippen LogP contribution in [-0.4, -0.2) is 40.9 Å². The molecule has 1 atom stereocenters. The lowest BCUT2D eigenvalue weighted by molar-refractivity contribution is -0.133. The second-order valence-corrected chi connectivity index (χ2v) is 7.79. The van der Waals surface area contributed by atoms with Crippen LogP contribution in [0.5, 0.6) is 0 Å². The highest BCUT2D eigenvalue weighted by atomic mass is 32.2. The van der Waals surface area contributed by atoms with Gasteiger partial charge in [0.15, 0.2) is 6.61 Å². The van der Waals surface area contributed by atoms with Gasteiger partial charge in [0, 0.05) is 34.7 Å². The van der Waals surface area contributed by atoms with Crippen LogP contribution < -0.4 is 0 Å². The average Bonchev–Trinajstić information content (AvgIpc) is 3.04. The molecule has 2 rings (SSSR count). The predicted octanol–water partition coefficient (Wildman–Crippen LogP) is 2.44. The Balaban J connectivity index is 1.88. The molecule has 24 heavy (non-hydrogen) atoms. The van der Waals surface area contributed by atoms with E-state index in [4.69, 9.17) is 4.74 Å². The number of amides is 1. The van der Waals surface area contributed by atoms with E-state index < -0.39 is 16.8 Å². The van der Waals surface area contributed by atoms with Crippen LogP contribution in [0.25, 0.3) is 0 Å². The highest BCUT2D eigenvalue weighted by Gasteiger charge is 2.14. The quantitative estimate of drug-likeness (QED) is 0.707. The average molecular weight is 365 g/mol. The van der Waals surface area contributed by atoms with Crippen LogP contribution in [0, 0.1) is 0 Å². The molecule has 0 radical (unpaired) electrons. The molecule has 0 aliphatic heterocycles. The number of hydrogen-bond acceptors (Lipinski definition) is 5. The molecule has 2 aromatic rings. The molecule has 0 saturated carbocycles. The third-order valence-electron chi connectivity index (χ3n) is 3.26. The first kappa shape index (κ1) is 18.4. The Morgan fingerprint density at radius 3 is 2.71 bits per heavy atom. The minimum atomic E-state index is -0.983. The third kappa shape index (κ3) is 5.58. The normalized spacial score (nSPS) is 11.8. The van der Waals surface area contributed by atoms with Crippen molar-refractivity contribution in [3.63, 3.8) is 0 Å². The van der Waals surface area contributed by atoms with Crippen LogP contribution in [0.4, 0.5) is 0 Å². The van der Waals surface area contributed by atoms with Crippen LogP contribution in [0.15, 0.2) is 41.8 Å². The van der Waals surface area contributed by atoms with Crippen LogP contribution >= 0.6 is 11.3 Å². The highest BCUT2D eigenvalue weighted by Crippen LogP contribution is 2.12. The van der Waals surface area contributed by atoms with Gasteiger partial charge in [0.2, 0.25) is 0 Å². The first-order valence-corrected chi connectivity index (χ1v) is 9.89. The molecule has 0 N–H and O–H groups in total. The molecule has 0 saturated heterocycles. The van der Waals surface area contributed by atoms with E-state index in [1.165, 1.54) is 4.90 Å². The lowest BCUT2D eigenvalue weighted by atomic mass is 10.1. The fourth-order valence-corrected chi connectivity index (χ4v) is 3.47. The maximum atomic E-state index is 12.1. The summed E-state index contributed by atoms with van der Waals surface area (Å²) in [7, 11) is 0.690. The number of thiophene rings is 1. The van der Waals surface area contributed by atoms with Crippen LogP contribution in [0.2, 0.25) is 0 Å². The number of hydrogen-bond donors (Lipinski definition) is 0. The third-order valence-corrected chi connectivity index (χ3v) is 4.86. The smallest absolute Gasteiger partial charge is 0.338 e. The van der Waals surface area contributed by atoms with E-state index in [-0.39, 0.29) is 12.5 Å². The zero-order valence-electron chi connectivity index (χ0n) is 13.6. The second-order valence-electron chi connectivity index (χ2n) is 5.32. The van der Waals surface area contributed by atoms with Crippen molar-refractivity contribution in [2.45, 2.75) is 12.3 Å². The standard InChI is InChI=1S/C17H19NO4S2/c1-18(10-15-7-4-8-23-15)16(19)11-22-17(20)14-6-3-5-13(9-14)12-24(2)21/h3-9H,10-12H2,1-2H3. The summed E-state index contributed by atoms with van der Waals surface area (Å²) in [6, 6.07) is 10.6. The number of benzene rings is 1. The largest absolute Gasteiger partial charge is 0.452 e. The van der Waals surface area contributed by atoms with E-state index in [0.29, 0.717) is 17.9 Å². The van der Waals surface area contributed by atoms with E-state index in [2.05, 4.69) is 0 Å². The van der Waals surface area contributed by atoms with Crippen molar-refractivity contribution >= 4 is 34.0 Å². The summed E-state index contributed by atoms with van der Waals surface area (Å²) < 4.78 is 16.3. The van der Waals surface area contributed by atoms with Crippen molar-refractivity contribution in [2.75, 3.05) is 19.9 Å². The van der Waals surface area contributed by atoms with Gasteiger partial charge in [-0.1, -0.05) is 18.2 Å². The van der Waals surface area contributed by atoms with Gasteiger partial charge in [-0.15, -0.1) is 11.3 Å². The molecule has 1 unspecified atom stereocenters. The van der Waals surface area contributed by atoms with Gasteiger partial charge in [-0.25, -0.2) is 4.79 Å². The molecule has 1 amide bonds. The molecule has 1 aromatic heterocycles. The van der Waals surface area contributed by atoms with Crippen LogP contribution in [0.3, 0.4) is 0 Å². The van der Waals surface area contributed by atoms with Crippen LogP contribution in [-0.2, 0) is 32.6 Å². The number of ether oxygens (including phenoxy) is 1. The number of carbonyl (C=O) groups excluding carboxylic acids is 2. The Kier molecular flexibility index (Phi) is 6.69. The van der Waals surface area contributed by atoms with Crippen molar-refractivity contribution in [3.8, 4) is 0 Å². The summed E-state index contributed by atoms with van der Waals surface area (Å²) >= 11 is 1.57. The Bertz CT molecular complexity index is 728. The van der Waals surface area contributed by atoms with Gasteiger partial charge in [-0.2, -0.15) is 0 Å². The fraction of sp³-hybridized carbons (Fsp3) is 0.294. The molecule has 0 spiro atoms. The fourth-order valence-electron chi connectivity index (χ4n) is 2.07. The molecular weight excluding hydrogens is 346 g/mol. The van der Waals surface area contributed by atoms with Crippen molar-refractivity contribution in [1.82, 2.24) is 4.90 Å². The molecule has 0 aliphatic carbocycles. The lowest BCUT2D eigenvalue weighted by Crippen LogP contribution is -2.30. The first-order valence-electron chi connectivity index (χ1n) is 7.28. The number of nitrogens with zero attached hydrogens (tertiary/aromatic N) is 1. The van der Waals surface area contributed by atoms with E-state index in [1.54, 1.807) is 48.9 Å². The van der Waals surface area contributed by atoms with Gasteiger partial charge in [-0.3, -0.25) is 9.00 Å². The number of esters is 1. The van der Waals surface area contributed by atoms with Gasteiger partial charge in [0.05, 0.1) is 12.1 Å². The van der Waals surface area contributed by atoms with Crippen molar-refractivity contribution < 1.29 is 18.5 Å². The summed E-state index contributed by atoms with van der Waals surface area (Å²) in [6.07, 6.45) is 1.60. The molecule has 5 nitrogen and oxygen atoms in total. The first-order chi connectivity index (χ1) is 11.5. The van der Waals surface area contributed by atoms with Crippen molar-refractivity contribution in [2.24, 2.45) is 0 Å². The maximum absolute atomic E-state index is 12.1. The Morgan fingerprint density at radius 2 is 2.04 bits per heavy atom. The molecule has 0 bridgehead atoms. The summed E-state index contributed by atoms with van der Waals surface area (Å²) in [5, 5.41) is 1.95. The van der Waals surface area contributed by atoms with E-state index >= 15 is 0 Å². The van der Waals surface area contributed by atoms with Crippen molar-refractivity contribution in [1.29, 1.82) is 0 Å². The molecule has 0 fully saturated rings. The van der Waals surface area contributed by atoms with Gasteiger partial charge in [-0.05, 0) is 29.1 Å². The predicted molar refractivity (Wildman–Crippen MR) is 95.3 cm³/mol. The Labute approximate surface area is 147 Å². The summed E-state index contributed by atoms with van der Waals surface area (Å²) in [5.41, 5.74) is 1.15. The number of likely N-dealkylation sites (N-methyl/N-ethyl adjacent to an activating group) is 1. The molecule has 0 aliphatic rings. The molecule has 1 heterocycles. The van der Waals surface area contributed by atoms with Gasteiger partial charge in [0.1, 0.15) is 0 Å². The SMILES string of the molecule is CN(Cc1cccs1)C(=O)COC(=O)c1cccc(CS(C)=O)c1. The van der Waals surface area contributed by atoms with E-state index in [0.717, 1.165) is 10.4 Å². The lowest BCUT2D eigenvalue weighted by Gasteiger charge is -2.16. The maximum Gasteiger partial charge on any atom is 0.338 e. The zero-order valence-corrected chi connectivity index (χ0v) is 15.2. The Hall–Kier alpha value is -1.99. The zero-order chi connectivity index (χ0) is 17.5. The van der Waals surface area contributed by atoms with E-state index in [9.17, 15) is 13.8 Å². The summed E-state index contributed by atoms with van der Waals surface area (Å²) in [5.74, 6) is -0.442. The highest BCUT2D eigenvalue weighted by molar-refractivity contribution is 7.83. The van der Waals surface area contributed by atoms with Crippen LogP contribution in [0.1, 0.15) is 20.8 Å².